The number of rotatable bonds is 7. The van der Waals surface area contributed by atoms with Crippen LogP contribution in [0.15, 0.2) is 24.3 Å². The van der Waals surface area contributed by atoms with Gasteiger partial charge < -0.3 is 10.1 Å². The molecule has 0 bridgehead atoms. The Bertz CT molecular complexity index is 689. The molecular formula is C18H23F3N2O4. The number of nitrogens with zero attached hydrogens (tertiary/aromatic N) is 1. The van der Waals surface area contributed by atoms with Crippen LogP contribution in [0.25, 0.3) is 0 Å². The van der Waals surface area contributed by atoms with Crippen molar-refractivity contribution in [2.75, 3.05) is 18.1 Å². The van der Waals surface area contributed by atoms with E-state index in [0.717, 1.165) is 24.0 Å². The molecule has 1 unspecified atom stereocenters. The lowest BCUT2D eigenvalue weighted by Crippen LogP contribution is -2.53. The zero-order valence-electron chi connectivity index (χ0n) is 15.6. The molecule has 150 valence electrons. The van der Waals surface area contributed by atoms with Gasteiger partial charge in [0.2, 0.25) is 11.8 Å². The highest BCUT2D eigenvalue weighted by Crippen LogP contribution is 2.32. The van der Waals surface area contributed by atoms with Crippen molar-refractivity contribution < 1.29 is 32.3 Å². The summed E-state index contributed by atoms with van der Waals surface area (Å²) in [7, 11) is 0. The minimum atomic E-state index is -4.59. The highest BCUT2D eigenvalue weighted by Gasteiger charge is 2.35. The lowest BCUT2D eigenvalue weighted by molar-refractivity contribution is -0.143. The van der Waals surface area contributed by atoms with Crippen molar-refractivity contribution in [1.29, 1.82) is 0 Å². The third kappa shape index (κ3) is 6.26. The highest BCUT2D eigenvalue weighted by molar-refractivity contribution is 6.00. The molecular weight excluding hydrogens is 365 g/mol. The van der Waals surface area contributed by atoms with E-state index >= 15 is 0 Å². The molecule has 1 aromatic carbocycles. The fraction of sp³-hybridized carbons (Fsp3) is 0.500. The molecule has 0 saturated carbocycles. The molecule has 2 amide bonds. The second kappa shape index (κ2) is 9.38. The van der Waals surface area contributed by atoms with E-state index in [-0.39, 0.29) is 12.3 Å². The molecule has 1 N–H and O–H groups in total. The van der Waals surface area contributed by atoms with Crippen molar-refractivity contribution in [2.24, 2.45) is 5.92 Å². The van der Waals surface area contributed by atoms with Crippen molar-refractivity contribution in [2.45, 2.75) is 39.9 Å². The topological polar surface area (TPSA) is 75.7 Å². The normalized spacial score (nSPS) is 12.4. The maximum Gasteiger partial charge on any atom is 0.416 e. The number of anilines is 1. The Morgan fingerprint density at radius 1 is 1.22 bits per heavy atom. The summed E-state index contributed by atoms with van der Waals surface area (Å²) in [6.07, 6.45) is -4.59. The van der Waals surface area contributed by atoms with Crippen LogP contribution in [0.3, 0.4) is 0 Å². The second-order valence-corrected chi connectivity index (χ2v) is 6.15. The number of hydrogen-bond acceptors (Lipinski definition) is 4. The van der Waals surface area contributed by atoms with Gasteiger partial charge in [-0.25, -0.2) is 0 Å². The van der Waals surface area contributed by atoms with Crippen LogP contribution >= 0.6 is 0 Å². The van der Waals surface area contributed by atoms with Crippen LogP contribution in [-0.2, 0) is 25.3 Å². The Balaban J connectivity index is 3.19. The van der Waals surface area contributed by atoms with Gasteiger partial charge in [-0.15, -0.1) is 0 Å². The number of nitrogens with one attached hydrogen (secondary N) is 1. The van der Waals surface area contributed by atoms with Crippen molar-refractivity contribution in [3.05, 3.63) is 29.8 Å². The number of amides is 2. The minimum absolute atomic E-state index is 0.0534. The maximum absolute atomic E-state index is 13.0. The largest absolute Gasteiger partial charge is 0.465 e. The monoisotopic (exact) mass is 388 g/mol. The van der Waals surface area contributed by atoms with Gasteiger partial charge in [0.25, 0.3) is 0 Å². The van der Waals surface area contributed by atoms with Crippen LogP contribution in [-0.4, -0.2) is 37.0 Å². The van der Waals surface area contributed by atoms with Gasteiger partial charge in [-0.1, -0.05) is 19.9 Å². The van der Waals surface area contributed by atoms with Crippen LogP contribution in [0.2, 0.25) is 0 Å². The molecule has 0 aliphatic carbocycles. The fourth-order valence-electron chi connectivity index (χ4n) is 2.56. The van der Waals surface area contributed by atoms with E-state index in [4.69, 9.17) is 4.74 Å². The maximum atomic E-state index is 13.0. The number of halogens is 3. The van der Waals surface area contributed by atoms with Gasteiger partial charge in [-0.05, 0) is 31.0 Å². The van der Waals surface area contributed by atoms with Crippen molar-refractivity contribution in [3.63, 3.8) is 0 Å². The van der Waals surface area contributed by atoms with Crippen molar-refractivity contribution in [1.82, 2.24) is 5.32 Å². The predicted molar refractivity (Wildman–Crippen MR) is 92.9 cm³/mol. The quantitative estimate of drug-likeness (QED) is 0.729. The smallest absolute Gasteiger partial charge is 0.416 e. The molecule has 1 atom stereocenters. The summed E-state index contributed by atoms with van der Waals surface area (Å²) in [5.41, 5.74) is -0.983. The Morgan fingerprint density at radius 3 is 2.33 bits per heavy atom. The van der Waals surface area contributed by atoms with Crippen LogP contribution in [0.5, 0.6) is 0 Å². The molecule has 6 nitrogen and oxygen atoms in total. The first kappa shape index (κ1) is 22.5. The molecule has 0 aliphatic heterocycles. The first-order valence-corrected chi connectivity index (χ1v) is 8.39. The third-order valence-electron chi connectivity index (χ3n) is 3.68. The summed E-state index contributed by atoms with van der Waals surface area (Å²) in [6.45, 7) is 5.82. The molecule has 0 aromatic heterocycles. The predicted octanol–water partition coefficient (Wildman–Crippen LogP) is 2.76. The number of alkyl halides is 3. The first-order valence-electron chi connectivity index (χ1n) is 8.39. The van der Waals surface area contributed by atoms with Crippen molar-refractivity contribution >= 4 is 23.5 Å². The Hall–Kier alpha value is -2.58. The van der Waals surface area contributed by atoms with Crippen molar-refractivity contribution in [3.8, 4) is 0 Å². The molecule has 27 heavy (non-hydrogen) atoms. The van der Waals surface area contributed by atoms with E-state index < -0.39 is 48.0 Å². The molecule has 1 rings (SSSR count). The fourth-order valence-corrected chi connectivity index (χ4v) is 2.56. The van der Waals surface area contributed by atoms with Gasteiger partial charge in [0, 0.05) is 12.6 Å². The minimum Gasteiger partial charge on any atom is -0.465 e. The van der Waals surface area contributed by atoms with Gasteiger partial charge >= 0.3 is 12.1 Å². The summed E-state index contributed by atoms with van der Waals surface area (Å²) >= 11 is 0. The Morgan fingerprint density at radius 2 is 1.85 bits per heavy atom. The molecule has 0 aliphatic rings. The van der Waals surface area contributed by atoms with E-state index in [1.807, 2.05) is 0 Å². The molecule has 1 aromatic rings. The van der Waals surface area contributed by atoms with E-state index in [2.05, 4.69) is 5.32 Å². The SMILES string of the molecule is CCOC(=O)CNC(=O)C(C(C)C)N(C(C)=O)c1cccc(C(F)(F)F)c1. The van der Waals surface area contributed by atoms with E-state index in [9.17, 15) is 27.6 Å². The van der Waals surface area contributed by atoms with E-state index in [1.54, 1.807) is 20.8 Å². The molecule has 9 heteroatoms. The molecule has 0 fully saturated rings. The number of esters is 1. The second-order valence-electron chi connectivity index (χ2n) is 6.15. The number of benzene rings is 1. The average molecular weight is 388 g/mol. The molecule has 0 radical (unpaired) electrons. The van der Waals surface area contributed by atoms with Crippen LogP contribution < -0.4 is 10.2 Å². The Labute approximate surface area is 155 Å². The number of carbonyl (C=O) groups excluding carboxylic acids is 3. The van der Waals surface area contributed by atoms with E-state index in [0.29, 0.717) is 0 Å². The van der Waals surface area contributed by atoms with Gasteiger partial charge in [0.15, 0.2) is 0 Å². The molecule has 0 heterocycles. The summed E-state index contributed by atoms with van der Waals surface area (Å²) in [6, 6.07) is 3.09. The summed E-state index contributed by atoms with van der Waals surface area (Å²) < 4.78 is 43.7. The van der Waals surface area contributed by atoms with Gasteiger partial charge in [-0.3, -0.25) is 19.3 Å². The van der Waals surface area contributed by atoms with Crippen LogP contribution in [0.4, 0.5) is 18.9 Å². The third-order valence-corrected chi connectivity index (χ3v) is 3.68. The summed E-state index contributed by atoms with van der Waals surface area (Å²) in [4.78, 5) is 37.2. The van der Waals surface area contributed by atoms with Crippen LogP contribution in [0.1, 0.15) is 33.3 Å². The number of ether oxygens (including phenoxy) is 1. The van der Waals surface area contributed by atoms with Gasteiger partial charge in [0.1, 0.15) is 12.6 Å². The lowest BCUT2D eigenvalue weighted by Gasteiger charge is -2.33. The Kier molecular flexibility index (Phi) is 7.81. The van der Waals surface area contributed by atoms with Gasteiger partial charge in [0.05, 0.1) is 12.2 Å². The zero-order chi connectivity index (χ0) is 20.8. The van der Waals surface area contributed by atoms with E-state index in [1.165, 1.54) is 12.1 Å². The number of hydrogen-bond donors (Lipinski definition) is 1. The highest BCUT2D eigenvalue weighted by atomic mass is 19.4. The number of carbonyl (C=O) groups is 3. The van der Waals surface area contributed by atoms with Crippen LogP contribution in [0, 0.1) is 5.92 Å². The average Bonchev–Trinajstić information content (AvgIpc) is 2.56. The van der Waals surface area contributed by atoms with Gasteiger partial charge in [-0.2, -0.15) is 13.2 Å². The lowest BCUT2D eigenvalue weighted by atomic mass is 10.00. The molecule has 0 saturated heterocycles. The molecule has 0 spiro atoms. The summed E-state index contributed by atoms with van der Waals surface area (Å²) in [5.74, 6) is -2.34. The standard InChI is InChI=1S/C18H23F3N2O4/c1-5-27-15(25)10-22-17(26)16(11(2)3)23(12(4)24)14-8-6-7-13(9-14)18(19,20)21/h6-9,11,16H,5,10H2,1-4H3,(H,22,26). The first-order chi connectivity index (χ1) is 12.5. The zero-order valence-corrected chi connectivity index (χ0v) is 15.6. The summed E-state index contributed by atoms with van der Waals surface area (Å²) in [5, 5.41) is 2.37.